The van der Waals surface area contributed by atoms with Crippen LogP contribution in [-0.2, 0) is 26.3 Å². The zero-order chi connectivity index (χ0) is 13.8. The van der Waals surface area contributed by atoms with Crippen LogP contribution in [0.3, 0.4) is 0 Å². The summed E-state index contributed by atoms with van der Waals surface area (Å²) in [5.41, 5.74) is 11.2. The maximum absolute atomic E-state index is 6.09. The monoisotopic (exact) mass is 257 g/mol. The number of rotatable bonds is 5. The van der Waals surface area contributed by atoms with Crippen LogP contribution in [0.1, 0.15) is 35.7 Å². The predicted molar refractivity (Wildman–Crippen MR) is 80.2 cm³/mol. The second-order valence-electron chi connectivity index (χ2n) is 5.11. The smallest absolute Gasteiger partial charge is 0.124 e. The second kappa shape index (κ2) is 5.91. The zero-order valence-electron chi connectivity index (χ0n) is 12.1. The van der Waals surface area contributed by atoms with E-state index in [9.17, 15) is 0 Å². The Morgan fingerprint density at radius 2 is 1.89 bits per heavy atom. The van der Waals surface area contributed by atoms with Crippen LogP contribution in [0, 0.1) is 6.92 Å². The van der Waals surface area contributed by atoms with Crippen LogP contribution in [-0.4, -0.2) is 9.78 Å². The molecule has 102 valence electrons. The van der Waals surface area contributed by atoms with Gasteiger partial charge in [0, 0.05) is 12.6 Å². The summed E-state index contributed by atoms with van der Waals surface area (Å²) in [6, 6.07) is 8.54. The first-order valence-corrected chi connectivity index (χ1v) is 6.98. The van der Waals surface area contributed by atoms with Gasteiger partial charge in [0.25, 0.3) is 0 Å². The summed E-state index contributed by atoms with van der Waals surface area (Å²) in [5, 5.41) is 4.57. The Kier molecular flexibility index (Phi) is 4.25. The maximum Gasteiger partial charge on any atom is 0.124 e. The van der Waals surface area contributed by atoms with E-state index in [-0.39, 0.29) is 0 Å². The molecule has 2 aromatic rings. The number of benzene rings is 1. The van der Waals surface area contributed by atoms with E-state index in [1.807, 2.05) is 7.05 Å². The number of nitrogens with two attached hydrogens (primary N) is 1. The van der Waals surface area contributed by atoms with Gasteiger partial charge in [0.2, 0.25) is 0 Å². The fourth-order valence-corrected chi connectivity index (χ4v) is 2.51. The number of aromatic nitrogens is 2. The van der Waals surface area contributed by atoms with Gasteiger partial charge in [-0.3, -0.25) is 4.68 Å². The molecule has 0 radical (unpaired) electrons. The lowest BCUT2D eigenvalue weighted by Gasteiger charge is -2.05. The molecule has 0 fully saturated rings. The average molecular weight is 257 g/mol. The molecular weight excluding hydrogens is 234 g/mol. The van der Waals surface area contributed by atoms with Crippen molar-refractivity contribution in [2.45, 2.75) is 39.5 Å². The van der Waals surface area contributed by atoms with Crippen molar-refractivity contribution in [2.24, 2.45) is 7.05 Å². The van der Waals surface area contributed by atoms with Crippen LogP contribution in [0.4, 0.5) is 5.82 Å². The zero-order valence-corrected chi connectivity index (χ0v) is 12.1. The van der Waals surface area contributed by atoms with E-state index >= 15 is 0 Å². The quantitative estimate of drug-likeness (QED) is 0.894. The van der Waals surface area contributed by atoms with E-state index in [4.69, 9.17) is 5.73 Å². The van der Waals surface area contributed by atoms with Gasteiger partial charge in [-0.1, -0.05) is 37.6 Å². The molecule has 0 unspecified atom stereocenters. The Morgan fingerprint density at radius 3 is 2.58 bits per heavy atom. The van der Waals surface area contributed by atoms with Gasteiger partial charge in [-0.15, -0.1) is 0 Å². The van der Waals surface area contributed by atoms with Crippen LogP contribution in [0.2, 0.25) is 0 Å². The molecule has 0 aliphatic rings. The molecule has 2 N–H and O–H groups in total. The number of nitrogen functional groups attached to an aromatic ring is 1. The first-order valence-electron chi connectivity index (χ1n) is 6.98. The van der Waals surface area contributed by atoms with Crippen LogP contribution < -0.4 is 5.73 Å². The standard InChI is InChI=1S/C16H23N3/c1-4-7-14-15(18-19(3)16(14)17)11-10-13-9-6-5-8-12(13)2/h5-6,8-9H,4,7,10-11,17H2,1-3H3. The summed E-state index contributed by atoms with van der Waals surface area (Å²) in [5.74, 6) is 0.821. The van der Waals surface area contributed by atoms with Crippen LogP contribution in [0.5, 0.6) is 0 Å². The molecule has 0 aliphatic carbocycles. The lowest BCUT2D eigenvalue weighted by Crippen LogP contribution is -1.99. The molecule has 0 saturated heterocycles. The normalized spacial score (nSPS) is 10.9. The molecular formula is C16H23N3. The fraction of sp³-hybridized carbons (Fsp3) is 0.438. The van der Waals surface area contributed by atoms with E-state index in [0.717, 1.165) is 37.2 Å². The van der Waals surface area contributed by atoms with E-state index < -0.39 is 0 Å². The Hall–Kier alpha value is -1.77. The highest BCUT2D eigenvalue weighted by Crippen LogP contribution is 2.20. The molecule has 0 atom stereocenters. The minimum Gasteiger partial charge on any atom is -0.384 e. The van der Waals surface area contributed by atoms with Gasteiger partial charge in [-0.05, 0) is 37.3 Å². The average Bonchev–Trinajstić information content (AvgIpc) is 2.66. The van der Waals surface area contributed by atoms with E-state index in [1.165, 1.54) is 16.7 Å². The Labute approximate surface area is 115 Å². The van der Waals surface area contributed by atoms with Gasteiger partial charge in [0.05, 0.1) is 5.69 Å². The molecule has 1 heterocycles. The number of hydrogen-bond acceptors (Lipinski definition) is 2. The van der Waals surface area contributed by atoms with Crippen molar-refractivity contribution in [3.05, 3.63) is 46.6 Å². The van der Waals surface area contributed by atoms with Crippen molar-refractivity contribution in [2.75, 3.05) is 5.73 Å². The van der Waals surface area contributed by atoms with Crippen LogP contribution in [0.15, 0.2) is 24.3 Å². The topological polar surface area (TPSA) is 43.8 Å². The minimum absolute atomic E-state index is 0.821. The van der Waals surface area contributed by atoms with Gasteiger partial charge in [0.15, 0.2) is 0 Å². The van der Waals surface area contributed by atoms with E-state index in [2.05, 4.69) is 43.2 Å². The predicted octanol–water partition coefficient (Wildman–Crippen LogP) is 3.05. The lowest BCUT2D eigenvalue weighted by atomic mass is 10.0. The highest BCUT2D eigenvalue weighted by Gasteiger charge is 2.13. The second-order valence-corrected chi connectivity index (χ2v) is 5.11. The summed E-state index contributed by atoms with van der Waals surface area (Å²) in [6.45, 7) is 4.34. The summed E-state index contributed by atoms with van der Waals surface area (Å²) >= 11 is 0. The first kappa shape index (κ1) is 13.7. The molecule has 19 heavy (non-hydrogen) atoms. The number of nitrogens with zero attached hydrogens (tertiary/aromatic N) is 2. The molecule has 1 aromatic carbocycles. The first-order chi connectivity index (χ1) is 9.13. The summed E-state index contributed by atoms with van der Waals surface area (Å²) < 4.78 is 1.80. The molecule has 2 rings (SSSR count). The highest BCUT2D eigenvalue weighted by atomic mass is 15.3. The van der Waals surface area contributed by atoms with Crippen molar-refractivity contribution in [1.82, 2.24) is 9.78 Å². The van der Waals surface area contributed by atoms with Gasteiger partial charge in [-0.2, -0.15) is 5.10 Å². The fourth-order valence-electron chi connectivity index (χ4n) is 2.51. The SMILES string of the molecule is CCCc1c(CCc2ccccc2C)nn(C)c1N. The van der Waals surface area contributed by atoms with Crippen molar-refractivity contribution >= 4 is 5.82 Å². The van der Waals surface area contributed by atoms with Crippen LogP contribution in [0.25, 0.3) is 0 Å². The third-order valence-electron chi connectivity index (χ3n) is 3.67. The summed E-state index contributed by atoms with van der Waals surface area (Å²) in [6.07, 6.45) is 4.11. The Bertz CT molecular complexity index is 555. The number of aryl methyl sites for hydroxylation is 4. The van der Waals surface area contributed by atoms with Crippen molar-refractivity contribution in [3.63, 3.8) is 0 Å². The van der Waals surface area contributed by atoms with Crippen LogP contribution >= 0.6 is 0 Å². The highest BCUT2D eigenvalue weighted by molar-refractivity contribution is 5.44. The van der Waals surface area contributed by atoms with Gasteiger partial charge in [-0.25, -0.2) is 0 Å². The molecule has 0 spiro atoms. The third-order valence-corrected chi connectivity index (χ3v) is 3.67. The molecule has 3 heteroatoms. The third kappa shape index (κ3) is 2.98. The van der Waals surface area contributed by atoms with Gasteiger partial charge < -0.3 is 5.73 Å². The van der Waals surface area contributed by atoms with E-state index in [0.29, 0.717) is 0 Å². The molecule has 0 aliphatic heterocycles. The van der Waals surface area contributed by atoms with E-state index in [1.54, 1.807) is 4.68 Å². The molecule has 3 nitrogen and oxygen atoms in total. The number of anilines is 1. The number of hydrogen-bond donors (Lipinski definition) is 1. The maximum atomic E-state index is 6.09. The van der Waals surface area contributed by atoms with Crippen molar-refractivity contribution in [1.29, 1.82) is 0 Å². The van der Waals surface area contributed by atoms with Gasteiger partial charge in [0.1, 0.15) is 5.82 Å². The van der Waals surface area contributed by atoms with Gasteiger partial charge >= 0.3 is 0 Å². The van der Waals surface area contributed by atoms with Crippen molar-refractivity contribution < 1.29 is 0 Å². The Morgan fingerprint density at radius 1 is 1.16 bits per heavy atom. The minimum atomic E-state index is 0.821. The molecule has 1 aromatic heterocycles. The summed E-state index contributed by atoms with van der Waals surface area (Å²) in [7, 11) is 1.92. The molecule has 0 amide bonds. The molecule has 0 bridgehead atoms. The Balaban J connectivity index is 2.16. The lowest BCUT2D eigenvalue weighted by molar-refractivity contribution is 0.744. The largest absolute Gasteiger partial charge is 0.384 e. The summed E-state index contributed by atoms with van der Waals surface area (Å²) in [4.78, 5) is 0. The van der Waals surface area contributed by atoms with Crippen molar-refractivity contribution in [3.8, 4) is 0 Å². The molecule has 0 saturated carbocycles.